The van der Waals surface area contributed by atoms with Crippen LogP contribution < -0.4 is 5.73 Å². The number of nitrogens with two attached hydrogens (primary N) is 1. The van der Waals surface area contributed by atoms with Crippen LogP contribution in [-0.4, -0.2) is 42.8 Å². The van der Waals surface area contributed by atoms with Crippen LogP contribution in [0.3, 0.4) is 0 Å². The summed E-state index contributed by atoms with van der Waals surface area (Å²) in [5.74, 6) is 0. The maximum Gasteiger partial charge on any atom is 0.0674 e. The van der Waals surface area contributed by atoms with Crippen molar-refractivity contribution in [2.24, 2.45) is 11.1 Å². The Morgan fingerprint density at radius 3 is 2.53 bits per heavy atom. The van der Waals surface area contributed by atoms with Crippen molar-refractivity contribution in [1.82, 2.24) is 4.90 Å². The normalized spacial score (nSPS) is 29.3. The van der Waals surface area contributed by atoms with Gasteiger partial charge in [-0.15, -0.1) is 0 Å². The second-order valence-corrected chi connectivity index (χ2v) is 6.56. The van der Waals surface area contributed by atoms with Crippen molar-refractivity contribution in [3.8, 4) is 0 Å². The minimum absolute atomic E-state index is 0.337. The molecule has 1 saturated heterocycles. The fourth-order valence-electron chi connectivity index (χ4n) is 2.71. The molecule has 17 heavy (non-hydrogen) atoms. The molecule has 0 bridgehead atoms. The average Bonchev–Trinajstić information content (AvgIpc) is 2.24. The largest absolute Gasteiger partial charge is 0.376 e. The maximum atomic E-state index is 5.99. The lowest BCUT2D eigenvalue weighted by molar-refractivity contribution is -0.0759. The Labute approximate surface area is 107 Å². The zero-order valence-electron chi connectivity index (χ0n) is 12.2. The SMILES string of the molecule is CCC1COC(C)CN1C(CN)CC(C)(C)C. The minimum atomic E-state index is 0.337. The van der Waals surface area contributed by atoms with Crippen LogP contribution in [0.4, 0.5) is 0 Å². The van der Waals surface area contributed by atoms with Gasteiger partial charge in [0.05, 0.1) is 12.7 Å². The molecule has 0 aromatic heterocycles. The molecule has 1 rings (SSSR count). The zero-order chi connectivity index (χ0) is 13.1. The van der Waals surface area contributed by atoms with Crippen LogP contribution in [0.15, 0.2) is 0 Å². The van der Waals surface area contributed by atoms with Crippen molar-refractivity contribution in [3.05, 3.63) is 0 Å². The number of morpholine rings is 1. The first-order chi connectivity index (χ1) is 7.87. The molecule has 3 unspecified atom stereocenters. The predicted octanol–water partition coefficient (Wildman–Crippen LogP) is 2.25. The molecule has 0 aliphatic carbocycles. The highest BCUT2D eigenvalue weighted by molar-refractivity contribution is 4.86. The Kier molecular flexibility index (Phi) is 5.42. The van der Waals surface area contributed by atoms with Gasteiger partial charge in [-0.25, -0.2) is 0 Å². The van der Waals surface area contributed by atoms with Crippen LogP contribution in [0.5, 0.6) is 0 Å². The van der Waals surface area contributed by atoms with Gasteiger partial charge in [-0.05, 0) is 25.2 Å². The lowest BCUT2D eigenvalue weighted by atomic mass is 9.86. The van der Waals surface area contributed by atoms with E-state index in [1.807, 2.05) is 0 Å². The zero-order valence-corrected chi connectivity index (χ0v) is 12.2. The fraction of sp³-hybridized carbons (Fsp3) is 1.00. The lowest BCUT2D eigenvalue weighted by Gasteiger charge is -2.44. The molecule has 3 heteroatoms. The van der Waals surface area contributed by atoms with Crippen LogP contribution in [0.1, 0.15) is 47.5 Å². The Morgan fingerprint density at radius 2 is 2.06 bits per heavy atom. The number of hydrogen-bond acceptors (Lipinski definition) is 3. The molecular formula is C14H30N2O. The van der Waals surface area contributed by atoms with Crippen LogP contribution in [0, 0.1) is 5.41 Å². The van der Waals surface area contributed by atoms with Gasteiger partial charge in [0.1, 0.15) is 0 Å². The second kappa shape index (κ2) is 6.17. The standard InChI is InChI=1S/C14H30N2O/c1-6-12-10-17-11(2)9-16(12)13(8-15)7-14(3,4)5/h11-13H,6-10,15H2,1-5H3. The van der Waals surface area contributed by atoms with Crippen LogP contribution in [0.2, 0.25) is 0 Å². The van der Waals surface area contributed by atoms with Gasteiger partial charge < -0.3 is 10.5 Å². The Morgan fingerprint density at radius 1 is 1.41 bits per heavy atom. The van der Waals surface area contributed by atoms with E-state index in [1.54, 1.807) is 0 Å². The molecular weight excluding hydrogens is 212 g/mol. The average molecular weight is 242 g/mol. The van der Waals surface area contributed by atoms with Gasteiger partial charge in [0, 0.05) is 25.2 Å². The van der Waals surface area contributed by atoms with Gasteiger partial charge in [0.15, 0.2) is 0 Å². The second-order valence-electron chi connectivity index (χ2n) is 6.56. The first kappa shape index (κ1) is 14.9. The van der Waals surface area contributed by atoms with Gasteiger partial charge in [0.25, 0.3) is 0 Å². The molecule has 0 radical (unpaired) electrons. The van der Waals surface area contributed by atoms with Crippen LogP contribution >= 0.6 is 0 Å². The maximum absolute atomic E-state index is 5.99. The minimum Gasteiger partial charge on any atom is -0.376 e. The van der Waals surface area contributed by atoms with E-state index >= 15 is 0 Å². The summed E-state index contributed by atoms with van der Waals surface area (Å²) in [6.45, 7) is 13.9. The molecule has 3 atom stereocenters. The Bertz CT molecular complexity index is 225. The smallest absolute Gasteiger partial charge is 0.0674 e. The third kappa shape index (κ3) is 4.57. The van der Waals surface area contributed by atoms with E-state index in [4.69, 9.17) is 10.5 Å². The molecule has 1 heterocycles. The van der Waals surface area contributed by atoms with Crippen molar-refractivity contribution in [1.29, 1.82) is 0 Å². The Balaban J connectivity index is 2.69. The first-order valence-corrected chi connectivity index (χ1v) is 6.94. The van der Waals surface area contributed by atoms with E-state index in [0.717, 1.165) is 32.5 Å². The summed E-state index contributed by atoms with van der Waals surface area (Å²) in [6.07, 6.45) is 2.65. The van der Waals surface area contributed by atoms with E-state index in [0.29, 0.717) is 23.6 Å². The molecule has 0 aromatic carbocycles. The van der Waals surface area contributed by atoms with Crippen LogP contribution in [-0.2, 0) is 4.74 Å². The highest BCUT2D eigenvalue weighted by Crippen LogP contribution is 2.26. The van der Waals surface area contributed by atoms with E-state index < -0.39 is 0 Å². The van der Waals surface area contributed by atoms with E-state index in [9.17, 15) is 0 Å². The molecule has 1 fully saturated rings. The van der Waals surface area contributed by atoms with Gasteiger partial charge >= 0.3 is 0 Å². The fourth-order valence-corrected chi connectivity index (χ4v) is 2.71. The number of rotatable bonds is 4. The summed E-state index contributed by atoms with van der Waals surface area (Å²) < 4.78 is 5.75. The van der Waals surface area contributed by atoms with E-state index in [1.165, 1.54) is 0 Å². The lowest BCUT2D eigenvalue weighted by Crippen LogP contribution is -2.56. The third-order valence-corrected chi connectivity index (χ3v) is 3.57. The van der Waals surface area contributed by atoms with E-state index in [-0.39, 0.29) is 0 Å². The summed E-state index contributed by atoms with van der Waals surface area (Å²) in [5, 5.41) is 0. The third-order valence-electron chi connectivity index (χ3n) is 3.57. The summed E-state index contributed by atoms with van der Waals surface area (Å²) in [6, 6.07) is 1.04. The van der Waals surface area contributed by atoms with Gasteiger partial charge in [-0.2, -0.15) is 0 Å². The predicted molar refractivity (Wildman–Crippen MR) is 73.1 cm³/mol. The molecule has 102 valence electrons. The Hall–Kier alpha value is -0.120. The van der Waals surface area contributed by atoms with Crippen LogP contribution in [0.25, 0.3) is 0 Å². The number of hydrogen-bond donors (Lipinski definition) is 1. The molecule has 2 N–H and O–H groups in total. The summed E-state index contributed by atoms with van der Waals surface area (Å²) in [4.78, 5) is 2.58. The molecule has 0 saturated carbocycles. The highest BCUT2D eigenvalue weighted by atomic mass is 16.5. The molecule has 1 aliphatic heterocycles. The molecule has 1 aliphatic rings. The molecule has 0 spiro atoms. The highest BCUT2D eigenvalue weighted by Gasteiger charge is 2.32. The number of nitrogens with zero attached hydrogens (tertiary/aromatic N) is 1. The molecule has 0 amide bonds. The van der Waals surface area contributed by atoms with Gasteiger partial charge in [-0.3, -0.25) is 4.90 Å². The van der Waals surface area contributed by atoms with Crippen molar-refractivity contribution in [2.75, 3.05) is 19.7 Å². The first-order valence-electron chi connectivity index (χ1n) is 6.94. The van der Waals surface area contributed by atoms with E-state index in [2.05, 4.69) is 39.5 Å². The summed E-state index contributed by atoms with van der Waals surface area (Å²) in [7, 11) is 0. The van der Waals surface area contributed by atoms with Gasteiger partial charge in [-0.1, -0.05) is 27.7 Å². The van der Waals surface area contributed by atoms with Crippen molar-refractivity contribution < 1.29 is 4.74 Å². The summed E-state index contributed by atoms with van der Waals surface area (Å²) >= 11 is 0. The topological polar surface area (TPSA) is 38.5 Å². The summed E-state index contributed by atoms with van der Waals surface area (Å²) in [5.41, 5.74) is 6.33. The molecule has 0 aromatic rings. The number of ether oxygens (including phenoxy) is 1. The van der Waals surface area contributed by atoms with Crippen molar-refractivity contribution >= 4 is 0 Å². The monoisotopic (exact) mass is 242 g/mol. The molecule has 3 nitrogen and oxygen atoms in total. The van der Waals surface area contributed by atoms with Gasteiger partial charge in [0.2, 0.25) is 0 Å². The quantitative estimate of drug-likeness (QED) is 0.822. The van der Waals surface area contributed by atoms with Crippen molar-refractivity contribution in [3.63, 3.8) is 0 Å². The van der Waals surface area contributed by atoms with Crippen molar-refractivity contribution in [2.45, 2.75) is 65.6 Å².